The Morgan fingerprint density at radius 1 is 1.20 bits per heavy atom. The molecule has 2 aliphatic rings. The molecule has 0 aromatic carbocycles. The van der Waals surface area contributed by atoms with E-state index >= 15 is 0 Å². The fourth-order valence-corrected chi connectivity index (χ4v) is 4.44. The number of hydrogen-bond acceptors (Lipinski definition) is 4. The van der Waals surface area contributed by atoms with Gasteiger partial charge in [-0.1, -0.05) is 12.8 Å². The summed E-state index contributed by atoms with van der Waals surface area (Å²) in [6.07, 6.45) is 5.42. The molecule has 1 N–H and O–H groups in total. The van der Waals surface area contributed by atoms with Crippen LogP contribution in [0.25, 0.3) is 0 Å². The van der Waals surface area contributed by atoms with Gasteiger partial charge in [-0.25, -0.2) is 8.42 Å². The number of carbonyl (C=O) groups excluding carboxylic acids is 1. The van der Waals surface area contributed by atoms with E-state index in [1.165, 1.54) is 4.31 Å². The number of amides is 1. The van der Waals surface area contributed by atoms with Crippen LogP contribution in [0.2, 0.25) is 0 Å². The third-order valence-corrected chi connectivity index (χ3v) is 5.74. The van der Waals surface area contributed by atoms with Gasteiger partial charge in [0.15, 0.2) is 0 Å². The van der Waals surface area contributed by atoms with E-state index in [4.69, 9.17) is 0 Å². The molecule has 20 heavy (non-hydrogen) atoms. The highest BCUT2D eigenvalue weighted by atomic mass is 32.2. The number of rotatable bonds is 3. The monoisotopic (exact) mass is 304 g/mol. The molecule has 3 unspecified atom stereocenters. The second-order valence-electron chi connectivity index (χ2n) is 5.90. The molecular weight excluding hydrogens is 280 g/mol. The van der Waals surface area contributed by atoms with Crippen molar-refractivity contribution >= 4 is 15.9 Å². The first-order valence-electron chi connectivity index (χ1n) is 7.24. The molecule has 1 heterocycles. The van der Waals surface area contributed by atoms with Crippen LogP contribution in [0.3, 0.4) is 0 Å². The van der Waals surface area contributed by atoms with Gasteiger partial charge < -0.3 is 10.0 Å². The van der Waals surface area contributed by atoms with Gasteiger partial charge in [0, 0.05) is 13.6 Å². The molecule has 116 valence electrons. The SMILES string of the molecule is CN(C(=O)C1CCCN1S(C)(=O)=O)C1CCCCC1O. The van der Waals surface area contributed by atoms with Crippen LogP contribution in [-0.2, 0) is 14.8 Å². The van der Waals surface area contributed by atoms with Gasteiger partial charge in [-0.2, -0.15) is 4.31 Å². The molecule has 0 bridgehead atoms. The van der Waals surface area contributed by atoms with E-state index in [-0.39, 0.29) is 11.9 Å². The minimum atomic E-state index is -3.35. The van der Waals surface area contributed by atoms with Crippen LogP contribution in [0.15, 0.2) is 0 Å². The van der Waals surface area contributed by atoms with Crippen molar-refractivity contribution in [2.45, 2.75) is 56.7 Å². The van der Waals surface area contributed by atoms with Crippen LogP contribution in [0.1, 0.15) is 38.5 Å². The third-order valence-electron chi connectivity index (χ3n) is 4.45. The number of nitrogens with zero attached hydrogens (tertiary/aromatic N) is 2. The van der Waals surface area contributed by atoms with Crippen molar-refractivity contribution in [2.75, 3.05) is 19.8 Å². The predicted octanol–water partition coefficient (Wildman–Crippen LogP) is 0.172. The molecule has 1 aliphatic carbocycles. The molecule has 7 heteroatoms. The first-order chi connectivity index (χ1) is 9.32. The highest BCUT2D eigenvalue weighted by Crippen LogP contribution is 2.26. The average molecular weight is 304 g/mol. The van der Waals surface area contributed by atoms with Crippen LogP contribution in [-0.4, -0.2) is 66.7 Å². The third kappa shape index (κ3) is 3.15. The molecule has 2 rings (SSSR count). The maximum absolute atomic E-state index is 12.6. The van der Waals surface area contributed by atoms with Crippen LogP contribution in [0.5, 0.6) is 0 Å². The van der Waals surface area contributed by atoms with Gasteiger partial charge in [-0.05, 0) is 25.7 Å². The fraction of sp³-hybridized carbons (Fsp3) is 0.923. The Kier molecular flexibility index (Phi) is 4.71. The van der Waals surface area contributed by atoms with Crippen molar-refractivity contribution < 1.29 is 18.3 Å². The maximum atomic E-state index is 12.6. The Hall–Kier alpha value is -0.660. The van der Waals surface area contributed by atoms with Crippen molar-refractivity contribution in [3.05, 3.63) is 0 Å². The van der Waals surface area contributed by atoms with Crippen molar-refractivity contribution in [1.29, 1.82) is 0 Å². The summed E-state index contributed by atoms with van der Waals surface area (Å²) >= 11 is 0. The lowest BCUT2D eigenvalue weighted by atomic mass is 9.91. The number of hydrogen-bond donors (Lipinski definition) is 1. The Labute approximate surface area is 120 Å². The van der Waals surface area contributed by atoms with Crippen LogP contribution in [0.4, 0.5) is 0 Å². The summed E-state index contributed by atoms with van der Waals surface area (Å²) in [5, 5.41) is 10.0. The molecule has 1 saturated carbocycles. The Balaban J connectivity index is 2.10. The molecule has 3 atom stereocenters. The lowest BCUT2D eigenvalue weighted by molar-refractivity contribution is -0.138. The van der Waals surface area contributed by atoms with Crippen molar-refractivity contribution in [3.8, 4) is 0 Å². The Morgan fingerprint density at radius 2 is 1.85 bits per heavy atom. The quantitative estimate of drug-likeness (QED) is 0.806. The summed E-state index contributed by atoms with van der Waals surface area (Å²) in [4.78, 5) is 14.1. The first-order valence-corrected chi connectivity index (χ1v) is 9.08. The largest absolute Gasteiger partial charge is 0.391 e. The van der Waals surface area contributed by atoms with E-state index in [1.54, 1.807) is 11.9 Å². The molecule has 1 saturated heterocycles. The Morgan fingerprint density at radius 3 is 2.45 bits per heavy atom. The van der Waals surface area contributed by atoms with Gasteiger partial charge in [0.05, 0.1) is 18.4 Å². The molecule has 0 aromatic rings. The van der Waals surface area contributed by atoms with Crippen molar-refractivity contribution in [3.63, 3.8) is 0 Å². The van der Waals surface area contributed by atoms with Crippen molar-refractivity contribution in [2.24, 2.45) is 0 Å². The molecule has 2 fully saturated rings. The fourth-order valence-electron chi connectivity index (χ4n) is 3.33. The van der Waals surface area contributed by atoms with Gasteiger partial charge >= 0.3 is 0 Å². The van der Waals surface area contributed by atoms with Crippen molar-refractivity contribution in [1.82, 2.24) is 9.21 Å². The lowest BCUT2D eigenvalue weighted by Gasteiger charge is -2.37. The molecule has 6 nitrogen and oxygen atoms in total. The van der Waals surface area contributed by atoms with Crippen LogP contribution in [0, 0.1) is 0 Å². The summed E-state index contributed by atoms with van der Waals surface area (Å²) < 4.78 is 24.7. The Bertz CT molecular complexity index is 465. The van der Waals surface area contributed by atoms with Gasteiger partial charge in [0.1, 0.15) is 6.04 Å². The molecule has 1 amide bonds. The standard InChI is InChI=1S/C13H24N2O4S/c1-14(10-6-3-4-8-12(10)16)13(17)11-7-5-9-15(11)20(2,18)19/h10-12,16H,3-9H2,1-2H3. The van der Waals surface area contributed by atoms with E-state index in [0.717, 1.165) is 25.5 Å². The number of carbonyl (C=O) groups is 1. The molecule has 0 aromatic heterocycles. The topological polar surface area (TPSA) is 77.9 Å². The maximum Gasteiger partial charge on any atom is 0.241 e. The predicted molar refractivity (Wildman–Crippen MR) is 75.6 cm³/mol. The zero-order valence-corrected chi connectivity index (χ0v) is 13.0. The van der Waals surface area contributed by atoms with Crippen LogP contribution < -0.4 is 0 Å². The zero-order chi connectivity index (χ0) is 14.9. The van der Waals surface area contributed by atoms with Crippen LogP contribution >= 0.6 is 0 Å². The average Bonchev–Trinajstić information content (AvgIpc) is 2.86. The first kappa shape index (κ1) is 15.7. The number of sulfonamides is 1. The highest BCUT2D eigenvalue weighted by molar-refractivity contribution is 7.88. The van der Waals surface area contributed by atoms with E-state index in [9.17, 15) is 18.3 Å². The van der Waals surface area contributed by atoms with E-state index < -0.39 is 22.2 Å². The molecule has 1 aliphatic heterocycles. The summed E-state index contributed by atoms with van der Waals surface area (Å²) in [6.45, 7) is 0.413. The van der Waals surface area contributed by atoms with Gasteiger partial charge in [0.2, 0.25) is 15.9 Å². The normalized spacial score (nSPS) is 32.2. The summed E-state index contributed by atoms with van der Waals surface area (Å²) in [7, 11) is -1.67. The van der Waals surface area contributed by atoms with Gasteiger partial charge in [0.25, 0.3) is 0 Å². The molecular formula is C13H24N2O4S. The lowest BCUT2D eigenvalue weighted by Crippen LogP contribution is -2.53. The second-order valence-corrected chi connectivity index (χ2v) is 7.84. The minimum absolute atomic E-state index is 0.182. The molecule has 0 radical (unpaired) electrons. The minimum Gasteiger partial charge on any atom is -0.391 e. The number of aliphatic hydroxyl groups is 1. The number of aliphatic hydroxyl groups excluding tert-OH is 1. The molecule has 0 spiro atoms. The highest BCUT2D eigenvalue weighted by Gasteiger charge is 2.40. The van der Waals surface area contributed by atoms with E-state index in [0.29, 0.717) is 25.8 Å². The smallest absolute Gasteiger partial charge is 0.241 e. The van der Waals surface area contributed by atoms with Gasteiger partial charge in [-0.3, -0.25) is 4.79 Å². The summed E-state index contributed by atoms with van der Waals surface area (Å²) in [6, 6.07) is -0.776. The summed E-state index contributed by atoms with van der Waals surface area (Å²) in [5.74, 6) is -0.182. The van der Waals surface area contributed by atoms with Gasteiger partial charge in [-0.15, -0.1) is 0 Å². The van der Waals surface area contributed by atoms with E-state index in [1.807, 2.05) is 0 Å². The second kappa shape index (κ2) is 5.99. The van der Waals surface area contributed by atoms with E-state index in [2.05, 4.69) is 0 Å². The zero-order valence-electron chi connectivity index (χ0n) is 12.2. The summed E-state index contributed by atoms with van der Waals surface area (Å²) in [5.41, 5.74) is 0. The number of likely N-dealkylation sites (N-methyl/N-ethyl adjacent to an activating group) is 1.